The summed E-state index contributed by atoms with van der Waals surface area (Å²) >= 11 is 0. The molecular weight excluding hydrogens is 324 g/mol. The number of ether oxygens (including phenoxy) is 2. The lowest BCUT2D eigenvalue weighted by Crippen LogP contribution is -2.60. The topological polar surface area (TPSA) is 157 Å². The van der Waals surface area contributed by atoms with Crippen molar-refractivity contribution in [2.45, 2.75) is 43.9 Å². The van der Waals surface area contributed by atoms with Gasteiger partial charge in [0, 0.05) is 5.56 Å². The minimum Gasteiger partial charge on any atom is -0.462 e. The Morgan fingerprint density at radius 3 is 2.42 bits per heavy atom. The Morgan fingerprint density at radius 2 is 1.88 bits per heavy atom. The summed E-state index contributed by atoms with van der Waals surface area (Å²) in [7, 11) is 0. The molecule has 1 aliphatic rings. The Morgan fingerprint density at radius 1 is 1.21 bits per heavy atom. The second-order valence-electron chi connectivity index (χ2n) is 5.53. The predicted molar refractivity (Wildman–Crippen MR) is 78.1 cm³/mol. The Bertz CT molecular complexity index is 586. The molecule has 0 bridgehead atoms. The molecule has 5 atom stereocenters. The van der Waals surface area contributed by atoms with Crippen LogP contribution in [0.1, 0.15) is 15.9 Å². The molecule has 1 aromatic rings. The highest BCUT2D eigenvalue weighted by atomic mass is 16.7. The number of hydrogen-bond donors (Lipinski definition) is 6. The number of benzene rings is 1. The summed E-state index contributed by atoms with van der Waals surface area (Å²) in [6.07, 6.45) is -9.17. The van der Waals surface area contributed by atoms with Crippen molar-refractivity contribution in [1.82, 2.24) is 0 Å². The minimum atomic E-state index is -2.12. The van der Waals surface area contributed by atoms with E-state index in [0.717, 1.165) is 0 Å². The summed E-state index contributed by atoms with van der Waals surface area (Å²) in [6, 6.07) is 4.08. The maximum Gasteiger partial charge on any atom is 0.229 e. The smallest absolute Gasteiger partial charge is 0.229 e. The standard InChI is InChI=1S/C15H20O9/c1-6-4-7(2-3-8(6)10(17)14(21)22)23-15-13(20)12(19)11(18)9(5-16)24-15/h2-4,9,11-16,18-22H,5H2,1H3/t9-,11-,12+,13-,15-/m1/s1. The first-order valence-corrected chi connectivity index (χ1v) is 7.24. The van der Waals surface area contributed by atoms with Crippen molar-refractivity contribution in [2.24, 2.45) is 0 Å². The number of aliphatic hydroxyl groups excluding tert-OH is 5. The van der Waals surface area contributed by atoms with Crippen LogP contribution in [0.25, 0.3) is 0 Å². The number of carbonyl (C=O) groups excluding carboxylic acids is 1. The van der Waals surface area contributed by atoms with E-state index in [4.69, 9.17) is 24.8 Å². The van der Waals surface area contributed by atoms with Gasteiger partial charge in [-0.25, -0.2) is 0 Å². The van der Waals surface area contributed by atoms with Gasteiger partial charge in [-0.3, -0.25) is 4.79 Å². The van der Waals surface area contributed by atoms with E-state index >= 15 is 0 Å². The van der Waals surface area contributed by atoms with Crippen LogP contribution in [0.3, 0.4) is 0 Å². The molecule has 1 heterocycles. The first-order chi connectivity index (χ1) is 11.3. The van der Waals surface area contributed by atoms with Crippen LogP contribution in [0.4, 0.5) is 0 Å². The molecule has 0 aromatic heterocycles. The molecular formula is C15H20O9. The van der Waals surface area contributed by atoms with Crippen LogP contribution in [0.5, 0.6) is 5.75 Å². The van der Waals surface area contributed by atoms with Gasteiger partial charge < -0.3 is 40.1 Å². The van der Waals surface area contributed by atoms with Crippen LogP contribution in [-0.2, 0) is 4.74 Å². The van der Waals surface area contributed by atoms with Gasteiger partial charge in [-0.05, 0) is 30.7 Å². The maximum atomic E-state index is 11.6. The summed E-state index contributed by atoms with van der Waals surface area (Å²) in [4.78, 5) is 11.6. The monoisotopic (exact) mass is 344 g/mol. The van der Waals surface area contributed by atoms with Gasteiger partial charge in [-0.1, -0.05) is 0 Å². The second kappa shape index (κ2) is 7.53. The van der Waals surface area contributed by atoms with Gasteiger partial charge in [0.2, 0.25) is 18.4 Å². The number of aliphatic hydroxyl groups is 6. The van der Waals surface area contributed by atoms with Crippen molar-refractivity contribution in [1.29, 1.82) is 0 Å². The molecule has 1 fully saturated rings. The van der Waals surface area contributed by atoms with Crippen LogP contribution >= 0.6 is 0 Å². The van der Waals surface area contributed by atoms with Gasteiger partial charge in [0.1, 0.15) is 30.2 Å². The summed E-state index contributed by atoms with van der Waals surface area (Å²) in [5.41, 5.74) is 0.487. The number of Topliss-reactive ketones (excluding diaryl/α,β-unsaturated/α-hetero) is 1. The molecule has 0 spiro atoms. The number of rotatable bonds is 5. The zero-order valence-electron chi connectivity index (χ0n) is 12.8. The number of ketones is 1. The second-order valence-corrected chi connectivity index (χ2v) is 5.53. The number of aryl methyl sites for hydroxylation is 1. The lowest BCUT2D eigenvalue weighted by atomic mass is 9.99. The van der Waals surface area contributed by atoms with Gasteiger partial charge in [0.25, 0.3) is 0 Å². The fourth-order valence-electron chi connectivity index (χ4n) is 2.42. The highest BCUT2D eigenvalue weighted by Gasteiger charge is 2.44. The Kier molecular flexibility index (Phi) is 5.88. The SMILES string of the molecule is Cc1cc(O[C@@H]2O[C@H](CO)[C@@H](O)[C@H](O)[C@H]2O)ccc1C(=O)C(O)O. The fraction of sp³-hybridized carbons (Fsp3) is 0.533. The molecule has 1 aliphatic heterocycles. The predicted octanol–water partition coefficient (Wildman–Crippen LogP) is -2.33. The molecule has 134 valence electrons. The van der Waals surface area contributed by atoms with Crippen molar-refractivity contribution in [3.63, 3.8) is 0 Å². The normalized spacial score (nSPS) is 30.4. The molecule has 0 aliphatic carbocycles. The zero-order chi connectivity index (χ0) is 18.0. The summed E-state index contributed by atoms with van der Waals surface area (Å²) in [6.45, 7) is 0.974. The van der Waals surface area contributed by atoms with E-state index in [1.807, 2.05) is 0 Å². The number of hydrogen-bond acceptors (Lipinski definition) is 9. The largest absolute Gasteiger partial charge is 0.462 e. The van der Waals surface area contributed by atoms with Gasteiger partial charge in [-0.2, -0.15) is 0 Å². The van der Waals surface area contributed by atoms with E-state index in [0.29, 0.717) is 5.56 Å². The minimum absolute atomic E-state index is 0.0890. The van der Waals surface area contributed by atoms with E-state index in [2.05, 4.69) is 0 Å². The van der Waals surface area contributed by atoms with Crippen LogP contribution in [0.2, 0.25) is 0 Å². The third-order valence-corrected chi connectivity index (χ3v) is 3.80. The molecule has 1 saturated heterocycles. The van der Waals surface area contributed by atoms with Crippen LogP contribution in [0.15, 0.2) is 18.2 Å². The third-order valence-electron chi connectivity index (χ3n) is 3.80. The zero-order valence-corrected chi connectivity index (χ0v) is 12.8. The van der Waals surface area contributed by atoms with Gasteiger partial charge in [0.05, 0.1) is 6.61 Å². The molecule has 9 heteroatoms. The summed E-state index contributed by atoms with van der Waals surface area (Å²) < 4.78 is 10.6. The molecule has 0 saturated carbocycles. The Hall–Kier alpha value is -1.59. The van der Waals surface area contributed by atoms with Crippen molar-refractivity contribution in [3.8, 4) is 5.75 Å². The molecule has 6 N–H and O–H groups in total. The van der Waals surface area contributed by atoms with Crippen molar-refractivity contribution >= 4 is 5.78 Å². The average molecular weight is 344 g/mol. The quantitative estimate of drug-likeness (QED) is 0.254. The fourth-order valence-corrected chi connectivity index (χ4v) is 2.42. The van der Waals surface area contributed by atoms with Gasteiger partial charge >= 0.3 is 0 Å². The third kappa shape index (κ3) is 3.73. The van der Waals surface area contributed by atoms with E-state index in [-0.39, 0.29) is 11.3 Å². The van der Waals surface area contributed by atoms with E-state index in [9.17, 15) is 20.1 Å². The molecule has 24 heavy (non-hydrogen) atoms. The summed E-state index contributed by atoms with van der Waals surface area (Å²) in [5, 5.41) is 56.3. The van der Waals surface area contributed by atoms with E-state index in [1.165, 1.54) is 18.2 Å². The van der Waals surface area contributed by atoms with Crippen LogP contribution in [0, 0.1) is 6.92 Å². The lowest BCUT2D eigenvalue weighted by molar-refractivity contribution is -0.277. The summed E-state index contributed by atoms with van der Waals surface area (Å²) in [5.74, 6) is -0.687. The van der Waals surface area contributed by atoms with E-state index < -0.39 is 49.4 Å². The first-order valence-electron chi connectivity index (χ1n) is 7.24. The molecule has 1 aromatic carbocycles. The number of carbonyl (C=O) groups is 1. The van der Waals surface area contributed by atoms with Crippen LogP contribution in [-0.4, -0.2) is 80.0 Å². The van der Waals surface area contributed by atoms with Crippen molar-refractivity contribution in [3.05, 3.63) is 29.3 Å². The van der Waals surface area contributed by atoms with Crippen molar-refractivity contribution in [2.75, 3.05) is 6.61 Å². The van der Waals surface area contributed by atoms with E-state index in [1.54, 1.807) is 6.92 Å². The molecule has 2 rings (SSSR count). The van der Waals surface area contributed by atoms with Crippen LogP contribution < -0.4 is 4.74 Å². The highest BCUT2D eigenvalue weighted by Crippen LogP contribution is 2.26. The molecule has 0 radical (unpaired) electrons. The molecule has 0 amide bonds. The maximum absolute atomic E-state index is 11.6. The lowest BCUT2D eigenvalue weighted by Gasteiger charge is -2.39. The highest BCUT2D eigenvalue weighted by molar-refractivity contribution is 5.99. The van der Waals surface area contributed by atoms with Gasteiger partial charge in [-0.15, -0.1) is 0 Å². The molecule has 0 unspecified atom stereocenters. The Labute approximate surface area is 137 Å². The first kappa shape index (κ1) is 18.7. The van der Waals surface area contributed by atoms with Crippen molar-refractivity contribution < 1.29 is 44.9 Å². The molecule has 9 nitrogen and oxygen atoms in total. The Balaban J connectivity index is 2.16. The van der Waals surface area contributed by atoms with Gasteiger partial charge in [0.15, 0.2) is 0 Å². The average Bonchev–Trinajstić information content (AvgIpc) is 2.54.